The van der Waals surface area contributed by atoms with E-state index in [4.69, 9.17) is 15.0 Å². The number of pyridine rings is 1. The SMILES string of the molecule is c1ccc(-c2nc(-c3ccccc3)nc(-c3cccc(-n4c5ccccc5c5cc6c7ccccc7c7ccccc7n6c54)c3)n2)cc1. The predicted molar refractivity (Wildman–Crippen MR) is 196 cm³/mol. The number of nitrogens with zero attached hydrogens (tertiary/aromatic N) is 5. The first-order chi connectivity index (χ1) is 23.8. The maximum absolute atomic E-state index is 5.02. The normalized spacial score (nSPS) is 11.8. The van der Waals surface area contributed by atoms with Crippen molar-refractivity contribution >= 4 is 49.1 Å². The van der Waals surface area contributed by atoms with Gasteiger partial charge >= 0.3 is 0 Å². The van der Waals surface area contributed by atoms with Gasteiger partial charge in [-0.3, -0.25) is 8.97 Å². The molecule has 0 fully saturated rings. The summed E-state index contributed by atoms with van der Waals surface area (Å²) < 4.78 is 4.82. The molecule has 0 unspecified atom stereocenters. The summed E-state index contributed by atoms with van der Waals surface area (Å²) in [6.07, 6.45) is 0. The highest BCUT2D eigenvalue weighted by atomic mass is 15.1. The Bertz CT molecular complexity index is 2770. The summed E-state index contributed by atoms with van der Waals surface area (Å²) >= 11 is 0. The quantitative estimate of drug-likeness (QED) is 0.186. The summed E-state index contributed by atoms with van der Waals surface area (Å²) in [7, 11) is 0. The van der Waals surface area contributed by atoms with Crippen molar-refractivity contribution in [2.24, 2.45) is 0 Å². The first kappa shape index (κ1) is 26.6. The minimum atomic E-state index is 0.633. The first-order valence-corrected chi connectivity index (χ1v) is 16.1. The third kappa shape index (κ3) is 4.01. The number of para-hydroxylation sites is 2. The third-order valence-corrected chi connectivity index (χ3v) is 9.32. The molecule has 4 heterocycles. The molecule has 0 aliphatic carbocycles. The molecule has 10 rings (SSSR count). The minimum absolute atomic E-state index is 0.633. The lowest BCUT2D eigenvalue weighted by atomic mass is 10.0. The number of hydrogen-bond donors (Lipinski definition) is 0. The van der Waals surface area contributed by atoms with Crippen LogP contribution in [-0.4, -0.2) is 23.9 Å². The molecule has 48 heavy (non-hydrogen) atoms. The van der Waals surface area contributed by atoms with Crippen molar-refractivity contribution in [3.63, 3.8) is 0 Å². The van der Waals surface area contributed by atoms with E-state index in [1.165, 1.54) is 38.0 Å². The van der Waals surface area contributed by atoms with Gasteiger partial charge in [0.15, 0.2) is 17.5 Å². The highest BCUT2D eigenvalue weighted by Gasteiger charge is 2.21. The van der Waals surface area contributed by atoms with Crippen molar-refractivity contribution < 1.29 is 0 Å². The lowest BCUT2D eigenvalue weighted by Crippen LogP contribution is -2.02. The van der Waals surface area contributed by atoms with Gasteiger partial charge in [-0.15, -0.1) is 0 Å². The van der Waals surface area contributed by atoms with Crippen LogP contribution in [-0.2, 0) is 0 Å². The van der Waals surface area contributed by atoms with Crippen LogP contribution >= 0.6 is 0 Å². The van der Waals surface area contributed by atoms with Gasteiger partial charge in [0.1, 0.15) is 5.65 Å². The van der Waals surface area contributed by atoms with E-state index in [1.54, 1.807) is 0 Å². The Kier molecular flexibility index (Phi) is 5.81. The molecule has 0 atom stereocenters. The van der Waals surface area contributed by atoms with Gasteiger partial charge in [-0.1, -0.05) is 133 Å². The van der Waals surface area contributed by atoms with Crippen LogP contribution in [0.25, 0.3) is 89.0 Å². The van der Waals surface area contributed by atoms with E-state index in [0.29, 0.717) is 17.5 Å². The molecule has 6 aromatic carbocycles. The Morgan fingerprint density at radius 1 is 0.333 bits per heavy atom. The predicted octanol–water partition coefficient (Wildman–Crippen LogP) is 10.5. The fourth-order valence-corrected chi connectivity index (χ4v) is 7.19. The zero-order chi connectivity index (χ0) is 31.6. The van der Waals surface area contributed by atoms with E-state index in [1.807, 2.05) is 60.7 Å². The molecule has 4 aromatic heterocycles. The van der Waals surface area contributed by atoms with Crippen molar-refractivity contribution in [2.45, 2.75) is 0 Å². The fourth-order valence-electron chi connectivity index (χ4n) is 7.19. The van der Waals surface area contributed by atoms with Crippen LogP contribution in [0.15, 0.2) is 164 Å². The van der Waals surface area contributed by atoms with Gasteiger partial charge in [0, 0.05) is 43.9 Å². The minimum Gasteiger partial charge on any atom is -0.295 e. The zero-order valence-electron chi connectivity index (χ0n) is 25.8. The molecule has 5 nitrogen and oxygen atoms in total. The standard InChI is InChI=1S/C43H27N5/c1-3-14-28(15-4-1)40-44-41(29-16-5-2-6-17-29)46-42(45-40)30-18-13-19-31(26-30)47-37-24-11-10-23-35(37)36-27-39-34-22-8-7-20-32(34)33-21-9-12-25-38(33)48(39)43(36)47/h1-27H. The van der Waals surface area contributed by atoms with E-state index in [-0.39, 0.29) is 0 Å². The lowest BCUT2D eigenvalue weighted by molar-refractivity contribution is 1.07. The molecular weight excluding hydrogens is 587 g/mol. The summed E-state index contributed by atoms with van der Waals surface area (Å²) in [5.74, 6) is 1.93. The summed E-state index contributed by atoms with van der Waals surface area (Å²) in [4.78, 5) is 15.0. The van der Waals surface area contributed by atoms with Crippen LogP contribution < -0.4 is 0 Å². The van der Waals surface area contributed by atoms with Crippen molar-refractivity contribution in [1.82, 2.24) is 23.9 Å². The molecule has 224 valence electrons. The van der Waals surface area contributed by atoms with Gasteiger partial charge in [-0.05, 0) is 35.7 Å². The Morgan fingerprint density at radius 2 is 0.812 bits per heavy atom. The van der Waals surface area contributed by atoms with E-state index in [0.717, 1.165) is 33.5 Å². The van der Waals surface area contributed by atoms with Gasteiger partial charge in [0.25, 0.3) is 0 Å². The molecule has 0 saturated carbocycles. The Balaban J connectivity index is 1.26. The highest BCUT2D eigenvalue weighted by molar-refractivity contribution is 6.19. The van der Waals surface area contributed by atoms with E-state index >= 15 is 0 Å². The second kappa shape index (κ2) is 10.5. The van der Waals surface area contributed by atoms with Crippen molar-refractivity contribution in [2.75, 3.05) is 0 Å². The van der Waals surface area contributed by atoms with E-state index in [2.05, 4.69) is 112 Å². The summed E-state index contributed by atoms with van der Waals surface area (Å²) in [6, 6.07) is 57.3. The van der Waals surface area contributed by atoms with Crippen LogP contribution in [0, 0.1) is 0 Å². The summed E-state index contributed by atoms with van der Waals surface area (Å²) in [6.45, 7) is 0. The van der Waals surface area contributed by atoms with Gasteiger partial charge in [-0.2, -0.15) is 0 Å². The van der Waals surface area contributed by atoms with Gasteiger partial charge in [-0.25, -0.2) is 15.0 Å². The molecule has 10 aromatic rings. The maximum atomic E-state index is 5.02. The van der Waals surface area contributed by atoms with Crippen LogP contribution in [0.1, 0.15) is 0 Å². The molecule has 0 bridgehead atoms. The zero-order valence-corrected chi connectivity index (χ0v) is 25.8. The highest BCUT2D eigenvalue weighted by Crippen LogP contribution is 2.40. The summed E-state index contributed by atoms with van der Waals surface area (Å²) in [5.41, 5.74) is 8.53. The van der Waals surface area contributed by atoms with Gasteiger partial charge in [0.2, 0.25) is 0 Å². The second-order valence-corrected chi connectivity index (χ2v) is 12.1. The van der Waals surface area contributed by atoms with Crippen LogP contribution in [0.4, 0.5) is 0 Å². The van der Waals surface area contributed by atoms with Crippen LogP contribution in [0.5, 0.6) is 0 Å². The number of benzene rings is 6. The number of hydrogen-bond acceptors (Lipinski definition) is 3. The van der Waals surface area contributed by atoms with E-state index < -0.39 is 0 Å². The number of rotatable bonds is 4. The molecule has 0 aliphatic rings. The monoisotopic (exact) mass is 613 g/mol. The van der Waals surface area contributed by atoms with Crippen molar-refractivity contribution in [1.29, 1.82) is 0 Å². The fraction of sp³-hybridized carbons (Fsp3) is 0. The molecular formula is C43H27N5. The van der Waals surface area contributed by atoms with Gasteiger partial charge in [0.05, 0.1) is 16.6 Å². The molecule has 0 saturated heterocycles. The molecule has 0 spiro atoms. The Morgan fingerprint density at radius 3 is 1.46 bits per heavy atom. The topological polar surface area (TPSA) is 48.0 Å². The van der Waals surface area contributed by atoms with Crippen LogP contribution in [0.2, 0.25) is 0 Å². The summed E-state index contributed by atoms with van der Waals surface area (Å²) in [5, 5.41) is 6.17. The second-order valence-electron chi connectivity index (χ2n) is 12.1. The van der Waals surface area contributed by atoms with Crippen molar-refractivity contribution in [3.8, 4) is 39.9 Å². The largest absolute Gasteiger partial charge is 0.295 e. The first-order valence-electron chi connectivity index (χ1n) is 16.1. The molecule has 0 N–H and O–H groups in total. The third-order valence-electron chi connectivity index (χ3n) is 9.32. The number of fused-ring (bicyclic) bond motifs is 10. The smallest absolute Gasteiger partial charge is 0.164 e. The Hall–Kier alpha value is -6.59. The lowest BCUT2D eigenvalue weighted by Gasteiger charge is -2.14. The molecule has 0 amide bonds. The van der Waals surface area contributed by atoms with Crippen LogP contribution in [0.3, 0.4) is 0 Å². The van der Waals surface area contributed by atoms with Crippen molar-refractivity contribution in [3.05, 3.63) is 164 Å². The average Bonchev–Trinajstić information content (AvgIpc) is 3.71. The maximum Gasteiger partial charge on any atom is 0.164 e. The molecule has 5 heteroatoms. The molecule has 0 radical (unpaired) electrons. The van der Waals surface area contributed by atoms with Gasteiger partial charge < -0.3 is 0 Å². The Labute approximate surface area is 276 Å². The molecule has 0 aliphatic heterocycles. The van der Waals surface area contributed by atoms with E-state index in [9.17, 15) is 0 Å². The average molecular weight is 614 g/mol. The number of aromatic nitrogens is 5.